The van der Waals surface area contributed by atoms with Gasteiger partial charge in [0.1, 0.15) is 17.4 Å². The van der Waals surface area contributed by atoms with Gasteiger partial charge in [-0.05, 0) is 35.4 Å². The fourth-order valence-corrected chi connectivity index (χ4v) is 2.14. The molecule has 0 aliphatic heterocycles. The van der Waals surface area contributed by atoms with Crippen molar-refractivity contribution in [2.75, 3.05) is 0 Å². The van der Waals surface area contributed by atoms with Crippen molar-refractivity contribution in [2.24, 2.45) is 0 Å². The number of rotatable bonds is 2. The second-order valence-corrected chi connectivity index (χ2v) is 4.35. The van der Waals surface area contributed by atoms with Gasteiger partial charge >= 0.3 is 0 Å². The first-order chi connectivity index (χ1) is 6.88. The van der Waals surface area contributed by atoms with Gasteiger partial charge in [0.05, 0.1) is 5.56 Å². The monoisotopic (exact) mass is 220 g/mol. The molecule has 0 fully saturated rings. The SMILES string of the molecule is N#Cc1ccc(Sc2ncns2)nc1. The van der Waals surface area contributed by atoms with Crippen LogP contribution in [0.4, 0.5) is 0 Å². The average molecular weight is 220 g/mol. The van der Waals surface area contributed by atoms with E-state index >= 15 is 0 Å². The highest BCUT2D eigenvalue weighted by Crippen LogP contribution is 2.25. The van der Waals surface area contributed by atoms with E-state index in [1.54, 1.807) is 18.3 Å². The zero-order valence-electron chi connectivity index (χ0n) is 6.91. The van der Waals surface area contributed by atoms with Crippen LogP contribution >= 0.6 is 23.3 Å². The maximum atomic E-state index is 8.57. The molecule has 0 spiro atoms. The van der Waals surface area contributed by atoms with Crippen molar-refractivity contribution in [3.8, 4) is 6.07 Å². The molecule has 0 N–H and O–H groups in total. The van der Waals surface area contributed by atoms with Crippen molar-refractivity contribution >= 4 is 23.3 Å². The molecule has 0 aliphatic rings. The first-order valence-electron chi connectivity index (χ1n) is 3.69. The van der Waals surface area contributed by atoms with E-state index in [0.29, 0.717) is 5.56 Å². The fourth-order valence-electron chi connectivity index (χ4n) is 0.804. The van der Waals surface area contributed by atoms with Crippen LogP contribution < -0.4 is 0 Å². The van der Waals surface area contributed by atoms with Crippen LogP contribution in [0.3, 0.4) is 0 Å². The van der Waals surface area contributed by atoms with Crippen LogP contribution in [0.5, 0.6) is 0 Å². The molecule has 0 unspecified atom stereocenters. The summed E-state index contributed by atoms with van der Waals surface area (Å²) >= 11 is 2.76. The van der Waals surface area contributed by atoms with Crippen LogP contribution in [-0.2, 0) is 0 Å². The number of pyridine rings is 1. The molecule has 68 valence electrons. The van der Waals surface area contributed by atoms with E-state index in [-0.39, 0.29) is 0 Å². The Bertz CT molecular complexity index is 443. The molecule has 6 heteroatoms. The zero-order chi connectivity index (χ0) is 9.80. The third kappa shape index (κ3) is 2.07. The van der Waals surface area contributed by atoms with Crippen molar-refractivity contribution in [3.63, 3.8) is 0 Å². The first kappa shape index (κ1) is 9.12. The summed E-state index contributed by atoms with van der Waals surface area (Å²) in [6.07, 6.45) is 3.06. The molecule has 0 aliphatic carbocycles. The van der Waals surface area contributed by atoms with Gasteiger partial charge in [-0.15, -0.1) is 0 Å². The summed E-state index contributed by atoms with van der Waals surface area (Å²) in [6.45, 7) is 0. The maximum absolute atomic E-state index is 8.57. The predicted molar refractivity (Wildman–Crippen MR) is 53.0 cm³/mol. The van der Waals surface area contributed by atoms with Crippen LogP contribution in [-0.4, -0.2) is 14.3 Å². The third-order valence-corrected chi connectivity index (χ3v) is 3.06. The Labute approximate surface area is 88.8 Å². The van der Waals surface area contributed by atoms with Gasteiger partial charge in [-0.2, -0.15) is 9.64 Å². The minimum absolute atomic E-state index is 0.562. The van der Waals surface area contributed by atoms with E-state index in [0.717, 1.165) is 9.37 Å². The van der Waals surface area contributed by atoms with Crippen LogP contribution in [0.2, 0.25) is 0 Å². The van der Waals surface area contributed by atoms with E-state index in [1.165, 1.54) is 29.6 Å². The summed E-state index contributed by atoms with van der Waals surface area (Å²) in [5, 5.41) is 9.39. The minimum atomic E-state index is 0.562. The Kier molecular flexibility index (Phi) is 2.72. The lowest BCUT2D eigenvalue weighted by atomic mass is 10.3. The van der Waals surface area contributed by atoms with Crippen molar-refractivity contribution in [1.82, 2.24) is 14.3 Å². The van der Waals surface area contributed by atoms with Gasteiger partial charge in [-0.1, -0.05) is 0 Å². The third-order valence-electron chi connectivity index (χ3n) is 1.40. The van der Waals surface area contributed by atoms with Gasteiger partial charge in [-0.25, -0.2) is 9.97 Å². The average Bonchev–Trinajstić information content (AvgIpc) is 2.72. The Morgan fingerprint density at radius 3 is 2.86 bits per heavy atom. The second kappa shape index (κ2) is 4.17. The van der Waals surface area contributed by atoms with Gasteiger partial charge in [0, 0.05) is 6.20 Å². The molecule has 0 saturated carbocycles. The molecular formula is C8H4N4S2. The molecule has 0 radical (unpaired) electrons. The number of aromatic nitrogens is 3. The molecule has 0 bridgehead atoms. The normalized spacial score (nSPS) is 9.64. The topological polar surface area (TPSA) is 62.5 Å². The quantitative estimate of drug-likeness (QED) is 0.774. The molecule has 2 heterocycles. The molecular weight excluding hydrogens is 216 g/mol. The fraction of sp³-hybridized carbons (Fsp3) is 0. The predicted octanol–water partition coefficient (Wildman–Crippen LogP) is 1.96. The molecule has 0 amide bonds. The molecule has 0 aromatic carbocycles. The smallest absolute Gasteiger partial charge is 0.175 e. The summed E-state index contributed by atoms with van der Waals surface area (Å²) < 4.78 is 4.73. The number of nitrogens with zero attached hydrogens (tertiary/aromatic N) is 4. The Morgan fingerprint density at radius 2 is 2.29 bits per heavy atom. The number of nitriles is 1. The lowest BCUT2D eigenvalue weighted by Gasteiger charge is -1.94. The molecule has 0 saturated heterocycles. The molecule has 2 rings (SSSR count). The van der Waals surface area contributed by atoms with Gasteiger partial charge < -0.3 is 0 Å². The lowest BCUT2D eigenvalue weighted by molar-refractivity contribution is 1.11. The minimum Gasteiger partial charge on any atom is -0.248 e. The summed E-state index contributed by atoms with van der Waals surface area (Å²) in [6, 6.07) is 5.54. The summed E-state index contributed by atoms with van der Waals surface area (Å²) in [5.41, 5.74) is 0.562. The molecule has 0 atom stereocenters. The van der Waals surface area contributed by atoms with Gasteiger partial charge in [0.2, 0.25) is 0 Å². The molecule has 4 nitrogen and oxygen atoms in total. The summed E-state index contributed by atoms with van der Waals surface area (Å²) in [5.74, 6) is 0. The maximum Gasteiger partial charge on any atom is 0.175 e. The lowest BCUT2D eigenvalue weighted by Crippen LogP contribution is -1.80. The highest BCUT2D eigenvalue weighted by atomic mass is 32.2. The standard InChI is InChI=1S/C8H4N4S2/c9-3-6-1-2-7(10-4-6)13-8-11-5-12-14-8/h1-2,4-5H. The second-order valence-electron chi connectivity index (χ2n) is 2.31. The number of hydrogen-bond donors (Lipinski definition) is 0. The van der Waals surface area contributed by atoms with Crippen LogP contribution in [0.25, 0.3) is 0 Å². The van der Waals surface area contributed by atoms with Crippen LogP contribution in [0.15, 0.2) is 34.0 Å². The van der Waals surface area contributed by atoms with E-state index in [1.807, 2.05) is 6.07 Å². The Morgan fingerprint density at radius 1 is 1.36 bits per heavy atom. The summed E-state index contributed by atoms with van der Waals surface area (Å²) in [7, 11) is 0. The van der Waals surface area contributed by atoms with Crippen molar-refractivity contribution in [2.45, 2.75) is 9.37 Å². The van der Waals surface area contributed by atoms with Crippen molar-refractivity contribution in [3.05, 3.63) is 30.2 Å². The first-order valence-corrected chi connectivity index (χ1v) is 5.28. The largest absolute Gasteiger partial charge is 0.248 e. The van der Waals surface area contributed by atoms with Gasteiger partial charge in [0.15, 0.2) is 4.34 Å². The van der Waals surface area contributed by atoms with E-state index in [4.69, 9.17) is 5.26 Å². The number of hydrogen-bond acceptors (Lipinski definition) is 6. The van der Waals surface area contributed by atoms with E-state index in [9.17, 15) is 0 Å². The van der Waals surface area contributed by atoms with Crippen LogP contribution in [0, 0.1) is 11.3 Å². The molecule has 2 aromatic heterocycles. The van der Waals surface area contributed by atoms with E-state index in [2.05, 4.69) is 14.3 Å². The van der Waals surface area contributed by atoms with Gasteiger partial charge in [0.25, 0.3) is 0 Å². The zero-order valence-corrected chi connectivity index (χ0v) is 8.55. The van der Waals surface area contributed by atoms with Crippen LogP contribution in [0.1, 0.15) is 5.56 Å². The Balaban J connectivity index is 2.15. The van der Waals surface area contributed by atoms with Gasteiger partial charge in [-0.3, -0.25) is 0 Å². The highest BCUT2D eigenvalue weighted by Gasteiger charge is 2.01. The summed E-state index contributed by atoms with van der Waals surface area (Å²) in [4.78, 5) is 8.12. The molecule has 2 aromatic rings. The Hall–Kier alpha value is -1.45. The highest BCUT2D eigenvalue weighted by molar-refractivity contribution is 8.00. The van der Waals surface area contributed by atoms with Crippen molar-refractivity contribution in [1.29, 1.82) is 5.26 Å². The van der Waals surface area contributed by atoms with Crippen molar-refractivity contribution < 1.29 is 0 Å². The molecule has 14 heavy (non-hydrogen) atoms. The van der Waals surface area contributed by atoms with E-state index < -0.39 is 0 Å².